The highest BCUT2D eigenvalue weighted by Gasteiger charge is 2.11. The SMILES string of the molecule is CC(=O)N1CCCCN(C)CC1. The van der Waals surface area contributed by atoms with E-state index < -0.39 is 0 Å². The van der Waals surface area contributed by atoms with Gasteiger partial charge in [0.15, 0.2) is 0 Å². The van der Waals surface area contributed by atoms with Gasteiger partial charge in [-0.1, -0.05) is 0 Å². The molecular formula is C9H18N2O. The summed E-state index contributed by atoms with van der Waals surface area (Å²) in [5.41, 5.74) is 0. The van der Waals surface area contributed by atoms with Crippen LogP contribution in [-0.4, -0.2) is 48.9 Å². The Kier molecular flexibility index (Phi) is 3.53. The maximum atomic E-state index is 11.1. The van der Waals surface area contributed by atoms with E-state index in [4.69, 9.17) is 0 Å². The molecule has 1 aliphatic rings. The lowest BCUT2D eigenvalue weighted by atomic mass is 10.2. The van der Waals surface area contributed by atoms with Gasteiger partial charge in [-0.05, 0) is 26.4 Å². The van der Waals surface area contributed by atoms with Gasteiger partial charge in [-0.2, -0.15) is 0 Å². The molecule has 3 nitrogen and oxygen atoms in total. The zero-order valence-corrected chi connectivity index (χ0v) is 8.05. The molecule has 0 aromatic carbocycles. The fourth-order valence-electron chi connectivity index (χ4n) is 1.51. The fourth-order valence-corrected chi connectivity index (χ4v) is 1.51. The third-order valence-electron chi connectivity index (χ3n) is 2.41. The summed E-state index contributed by atoms with van der Waals surface area (Å²) in [7, 11) is 2.11. The zero-order valence-electron chi connectivity index (χ0n) is 8.05. The molecule has 1 amide bonds. The number of nitrogens with zero attached hydrogens (tertiary/aromatic N) is 2. The Morgan fingerprint density at radius 2 is 1.75 bits per heavy atom. The molecule has 0 N–H and O–H groups in total. The first-order chi connectivity index (χ1) is 5.70. The van der Waals surface area contributed by atoms with Crippen LogP contribution in [0.5, 0.6) is 0 Å². The van der Waals surface area contributed by atoms with E-state index >= 15 is 0 Å². The minimum atomic E-state index is 0.213. The third-order valence-corrected chi connectivity index (χ3v) is 2.41. The first kappa shape index (κ1) is 9.52. The molecule has 1 heterocycles. The lowest BCUT2D eigenvalue weighted by molar-refractivity contribution is -0.129. The quantitative estimate of drug-likeness (QED) is 0.530. The van der Waals surface area contributed by atoms with Crippen molar-refractivity contribution in [1.29, 1.82) is 0 Å². The summed E-state index contributed by atoms with van der Waals surface area (Å²) >= 11 is 0. The maximum absolute atomic E-state index is 11.1. The van der Waals surface area contributed by atoms with Gasteiger partial charge in [0.05, 0.1) is 0 Å². The van der Waals surface area contributed by atoms with Crippen molar-refractivity contribution in [2.45, 2.75) is 19.8 Å². The van der Waals surface area contributed by atoms with Crippen LogP contribution in [0, 0.1) is 0 Å². The summed E-state index contributed by atoms with van der Waals surface area (Å²) < 4.78 is 0. The van der Waals surface area contributed by atoms with Gasteiger partial charge < -0.3 is 9.80 Å². The van der Waals surface area contributed by atoms with Crippen LogP contribution in [0.1, 0.15) is 19.8 Å². The number of rotatable bonds is 0. The van der Waals surface area contributed by atoms with E-state index in [1.165, 1.54) is 13.0 Å². The number of carbonyl (C=O) groups excluding carboxylic acids is 1. The van der Waals surface area contributed by atoms with E-state index in [1.54, 1.807) is 6.92 Å². The smallest absolute Gasteiger partial charge is 0.219 e. The van der Waals surface area contributed by atoms with Gasteiger partial charge in [-0.3, -0.25) is 4.79 Å². The summed E-state index contributed by atoms with van der Waals surface area (Å²) in [5, 5.41) is 0. The van der Waals surface area contributed by atoms with Crippen LogP contribution in [0.3, 0.4) is 0 Å². The third kappa shape index (κ3) is 2.81. The lowest BCUT2D eigenvalue weighted by Crippen LogP contribution is -2.39. The normalized spacial score (nSPS) is 21.7. The van der Waals surface area contributed by atoms with E-state index in [9.17, 15) is 4.79 Å². The highest BCUT2D eigenvalue weighted by atomic mass is 16.2. The van der Waals surface area contributed by atoms with E-state index in [0.717, 1.165) is 26.1 Å². The second kappa shape index (κ2) is 4.45. The Morgan fingerprint density at radius 1 is 1.08 bits per heavy atom. The predicted molar refractivity (Wildman–Crippen MR) is 49.0 cm³/mol. The standard InChI is InChI=1S/C9H18N2O/c1-9(12)11-6-4-3-5-10(2)7-8-11/h3-8H2,1-2H3. The van der Waals surface area contributed by atoms with Crippen LogP contribution in [0.25, 0.3) is 0 Å². The van der Waals surface area contributed by atoms with Gasteiger partial charge in [0.2, 0.25) is 5.91 Å². The van der Waals surface area contributed by atoms with E-state index in [2.05, 4.69) is 11.9 Å². The number of likely N-dealkylation sites (N-methyl/N-ethyl adjacent to an activating group) is 1. The summed E-state index contributed by atoms with van der Waals surface area (Å²) in [5.74, 6) is 0.213. The lowest BCUT2D eigenvalue weighted by Gasteiger charge is -2.27. The summed E-state index contributed by atoms with van der Waals surface area (Å²) in [6.07, 6.45) is 2.35. The average Bonchev–Trinajstić information content (AvgIpc) is 1.97. The van der Waals surface area contributed by atoms with Crippen molar-refractivity contribution >= 4 is 5.91 Å². The van der Waals surface area contributed by atoms with Gasteiger partial charge in [-0.15, -0.1) is 0 Å². The minimum absolute atomic E-state index is 0.213. The highest BCUT2D eigenvalue weighted by molar-refractivity contribution is 5.73. The van der Waals surface area contributed by atoms with Gasteiger partial charge in [0, 0.05) is 26.6 Å². The first-order valence-corrected chi connectivity index (χ1v) is 4.64. The number of carbonyl (C=O) groups is 1. The van der Waals surface area contributed by atoms with Gasteiger partial charge >= 0.3 is 0 Å². The van der Waals surface area contributed by atoms with Crippen LogP contribution in [-0.2, 0) is 4.79 Å². The molecule has 0 aliphatic carbocycles. The minimum Gasteiger partial charge on any atom is -0.342 e. The first-order valence-electron chi connectivity index (χ1n) is 4.64. The number of hydrogen-bond donors (Lipinski definition) is 0. The van der Waals surface area contributed by atoms with Crippen LogP contribution >= 0.6 is 0 Å². The van der Waals surface area contributed by atoms with E-state index in [-0.39, 0.29) is 5.91 Å². The largest absolute Gasteiger partial charge is 0.342 e. The van der Waals surface area contributed by atoms with Crippen molar-refractivity contribution in [2.24, 2.45) is 0 Å². The fraction of sp³-hybridized carbons (Fsp3) is 0.889. The zero-order chi connectivity index (χ0) is 8.97. The maximum Gasteiger partial charge on any atom is 0.219 e. The predicted octanol–water partition coefficient (Wildman–Crippen LogP) is 0.560. The molecule has 0 bridgehead atoms. The van der Waals surface area contributed by atoms with Crippen LogP contribution in [0.2, 0.25) is 0 Å². The molecule has 0 aromatic rings. The van der Waals surface area contributed by atoms with Crippen LogP contribution in [0.15, 0.2) is 0 Å². The summed E-state index contributed by atoms with van der Waals surface area (Å²) in [6, 6.07) is 0. The molecule has 0 saturated carbocycles. The molecule has 1 fully saturated rings. The molecule has 0 unspecified atom stereocenters. The highest BCUT2D eigenvalue weighted by Crippen LogP contribution is 2.02. The van der Waals surface area contributed by atoms with Crippen molar-refractivity contribution in [1.82, 2.24) is 9.80 Å². The molecule has 0 atom stereocenters. The van der Waals surface area contributed by atoms with Gasteiger partial charge in [0.1, 0.15) is 0 Å². The van der Waals surface area contributed by atoms with Gasteiger partial charge in [-0.25, -0.2) is 0 Å². The Morgan fingerprint density at radius 3 is 2.42 bits per heavy atom. The van der Waals surface area contributed by atoms with E-state index in [1.807, 2.05) is 4.90 Å². The number of hydrogen-bond acceptors (Lipinski definition) is 2. The van der Waals surface area contributed by atoms with Gasteiger partial charge in [0.25, 0.3) is 0 Å². The molecule has 1 saturated heterocycles. The molecular weight excluding hydrogens is 152 g/mol. The molecule has 12 heavy (non-hydrogen) atoms. The molecule has 1 rings (SSSR count). The van der Waals surface area contributed by atoms with Crippen molar-refractivity contribution in [3.05, 3.63) is 0 Å². The second-order valence-electron chi connectivity index (χ2n) is 3.52. The average molecular weight is 170 g/mol. The van der Waals surface area contributed by atoms with Crippen LogP contribution in [0.4, 0.5) is 0 Å². The summed E-state index contributed by atoms with van der Waals surface area (Å²) in [4.78, 5) is 15.3. The Balaban J connectivity index is 2.39. The molecule has 0 spiro atoms. The van der Waals surface area contributed by atoms with Crippen LogP contribution < -0.4 is 0 Å². The van der Waals surface area contributed by atoms with Crippen molar-refractivity contribution in [3.8, 4) is 0 Å². The number of amides is 1. The topological polar surface area (TPSA) is 23.6 Å². The molecule has 3 heteroatoms. The monoisotopic (exact) mass is 170 g/mol. The van der Waals surface area contributed by atoms with E-state index in [0.29, 0.717) is 0 Å². The second-order valence-corrected chi connectivity index (χ2v) is 3.52. The molecule has 70 valence electrons. The molecule has 0 radical (unpaired) electrons. The van der Waals surface area contributed by atoms with Crippen molar-refractivity contribution in [2.75, 3.05) is 33.2 Å². The summed E-state index contributed by atoms with van der Waals surface area (Å²) in [6.45, 7) is 5.68. The Hall–Kier alpha value is -0.570. The molecule has 0 aromatic heterocycles. The Labute approximate surface area is 74.3 Å². The van der Waals surface area contributed by atoms with Crippen molar-refractivity contribution < 1.29 is 4.79 Å². The Bertz CT molecular complexity index is 159. The molecule has 1 aliphatic heterocycles. The van der Waals surface area contributed by atoms with Crippen molar-refractivity contribution in [3.63, 3.8) is 0 Å².